The summed E-state index contributed by atoms with van der Waals surface area (Å²) in [6.07, 6.45) is 30.3. The Labute approximate surface area is 381 Å². The Morgan fingerprint density at radius 3 is 2.19 bits per heavy atom. The van der Waals surface area contributed by atoms with Gasteiger partial charge < -0.3 is 30.2 Å². The molecule has 64 heavy (non-hydrogen) atoms. The number of nitrogens with one attached hydrogen (secondary N) is 3. The van der Waals surface area contributed by atoms with E-state index >= 15 is 4.39 Å². The number of methoxy groups -OCH3 is 2. The monoisotopic (exact) mass is 888 g/mol. The smallest absolute Gasteiger partial charge is 0.255 e. The number of carbonyl (C=O) groups is 2. The normalized spacial score (nSPS) is 12.5. The number of hydrogen-bond acceptors (Lipinski definition) is 9. The molecule has 1 aliphatic heterocycles. The SMILES string of the molecule is CC/C=C\C/C=C\C/C=C\C/C=C\C/C=C\CCCC(=O)NCCOCCNC(=O)c1ccc(Nc2ncc3c(n2)-c2ccc(Cl)cc2C(c2c(F)cccc2OC)=NC3)cc1OC. The molecule has 11 nitrogen and oxygen atoms in total. The summed E-state index contributed by atoms with van der Waals surface area (Å²) in [5.41, 5.74) is 4.21. The molecule has 336 valence electrons. The molecule has 13 heteroatoms. The molecule has 0 bridgehead atoms. The number of aliphatic imine (C=N–C) groups is 1. The van der Waals surface area contributed by atoms with Crippen LogP contribution in [0.5, 0.6) is 11.5 Å². The van der Waals surface area contributed by atoms with Gasteiger partial charge in [0.05, 0.1) is 56.5 Å². The lowest BCUT2D eigenvalue weighted by Gasteiger charge is -2.15. The molecule has 2 heterocycles. The highest BCUT2D eigenvalue weighted by Crippen LogP contribution is 2.36. The van der Waals surface area contributed by atoms with Gasteiger partial charge in [0.15, 0.2) is 0 Å². The van der Waals surface area contributed by atoms with Gasteiger partial charge in [-0.25, -0.2) is 14.4 Å². The van der Waals surface area contributed by atoms with Crippen LogP contribution in [-0.2, 0) is 16.1 Å². The first-order chi connectivity index (χ1) is 31.3. The average molecular weight is 890 g/mol. The van der Waals surface area contributed by atoms with E-state index in [4.69, 9.17) is 35.8 Å². The van der Waals surface area contributed by atoms with Crippen molar-refractivity contribution >= 4 is 40.8 Å². The fourth-order valence-electron chi connectivity index (χ4n) is 6.72. The lowest BCUT2D eigenvalue weighted by Crippen LogP contribution is -2.30. The molecule has 5 rings (SSSR count). The maximum Gasteiger partial charge on any atom is 0.255 e. The van der Waals surface area contributed by atoms with Gasteiger partial charge >= 0.3 is 0 Å². The molecule has 0 saturated heterocycles. The van der Waals surface area contributed by atoms with Crippen molar-refractivity contribution in [2.45, 2.75) is 64.8 Å². The Balaban J connectivity index is 1.00. The minimum atomic E-state index is -0.472. The van der Waals surface area contributed by atoms with Crippen LogP contribution in [0.15, 0.2) is 127 Å². The number of carbonyl (C=O) groups excluding carboxylic acids is 2. The number of aromatic nitrogens is 2. The molecule has 1 aliphatic rings. The zero-order valence-corrected chi connectivity index (χ0v) is 37.6. The molecule has 0 radical (unpaired) electrons. The summed E-state index contributed by atoms with van der Waals surface area (Å²) in [5, 5.41) is 9.40. The van der Waals surface area contributed by atoms with Crippen molar-refractivity contribution < 1.29 is 28.2 Å². The molecular weight excluding hydrogens is 831 g/mol. The summed E-state index contributed by atoms with van der Waals surface area (Å²) in [5.74, 6) is 0.178. The van der Waals surface area contributed by atoms with E-state index in [-0.39, 0.29) is 37.1 Å². The number of benzene rings is 3. The van der Waals surface area contributed by atoms with E-state index in [0.717, 1.165) is 50.5 Å². The van der Waals surface area contributed by atoms with Crippen LogP contribution in [0.4, 0.5) is 16.0 Å². The highest BCUT2D eigenvalue weighted by molar-refractivity contribution is 6.31. The van der Waals surface area contributed by atoms with Crippen molar-refractivity contribution in [1.82, 2.24) is 20.6 Å². The Kier molecular flexibility index (Phi) is 20.5. The van der Waals surface area contributed by atoms with E-state index in [9.17, 15) is 9.59 Å². The van der Waals surface area contributed by atoms with Crippen LogP contribution in [0.25, 0.3) is 11.3 Å². The quantitative estimate of drug-likeness (QED) is 0.0442. The third-order valence-corrected chi connectivity index (χ3v) is 10.2. The molecule has 1 aromatic heterocycles. The molecule has 2 amide bonds. The molecule has 0 unspecified atom stereocenters. The van der Waals surface area contributed by atoms with Gasteiger partial charge in [-0.05, 0) is 81.3 Å². The van der Waals surface area contributed by atoms with Crippen LogP contribution in [0.3, 0.4) is 0 Å². The highest BCUT2D eigenvalue weighted by Gasteiger charge is 2.26. The van der Waals surface area contributed by atoms with Crippen molar-refractivity contribution in [2.24, 2.45) is 4.99 Å². The average Bonchev–Trinajstić information content (AvgIpc) is 3.45. The number of nitrogens with zero attached hydrogens (tertiary/aromatic N) is 3. The van der Waals surface area contributed by atoms with Crippen molar-refractivity contribution in [2.75, 3.05) is 45.8 Å². The van der Waals surface area contributed by atoms with E-state index in [1.54, 1.807) is 48.7 Å². The van der Waals surface area contributed by atoms with Crippen molar-refractivity contribution in [1.29, 1.82) is 0 Å². The third kappa shape index (κ3) is 15.2. The largest absolute Gasteiger partial charge is 0.496 e. The minimum absolute atomic E-state index is 0.00941. The second kappa shape index (κ2) is 27.0. The summed E-state index contributed by atoms with van der Waals surface area (Å²) in [6.45, 7) is 3.61. The van der Waals surface area contributed by atoms with Gasteiger partial charge in [-0.1, -0.05) is 91.4 Å². The molecule has 0 spiro atoms. The molecule has 4 aromatic rings. The van der Waals surface area contributed by atoms with Crippen molar-refractivity contribution in [3.8, 4) is 22.8 Å². The predicted molar refractivity (Wildman–Crippen MR) is 256 cm³/mol. The fraction of sp³-hybridized carbons (Fsp3) is 0.314. The highest BCUT2D eigenvalue weighted by atomic mass is 35.5. The molecule has 0 saturated carbocycles. The Bertz CT molecular complexity index is 2360. The van der Waals surface area contributed by atoms with Crippen LogP contribution >= 0.6 is 11.6 Å². The van der Waals surface area contributed by atoms with E-state index in [0.29, 0.717) is 75.8 Å². The van der Waals surface area contributed by atoms with Crippen LogP contribution in [0, 0.1) is 5.82 Å². The van der Waals surface area contributed by atoms with Crippen molar-refractivity contribution in [3.05, 3.63) is 155 Å². The van der Waals surface area contributed by atoms with Gasteiger partial charge in [-0.2, -0.15) is 0 Å². The van der Waals surface area contributed by atoms with Gasteiger partial charge in [0.2, 0.25) is 11.9 Å². The number of amides is 2. The lowest BCUT2D eigenvalue weighted by molar-refractivity contribution is -0.121. The van der Waals surface area contributed by atoms with Gasteiger partial charge in [-0.15, -0.1) is 0 Å². The zero-order valence-electron chi connectivity index (χ0n) is 36.9. The van der Waals surface area contributed by atoms with Crippen LogP contribution < -0.4 is 25.4 Å². The van der Waals surface area contributed by atoms with Gasteiger partial charge in [0.25, 0.3) is 5.91 Å². The summed E-state index contributed by atoms with van der Waals surface area (Å²) in [4.78, 5) is 39.4. The maximum absolute atomic E-state index is 15.3. The molecule has 0 aliphatic carbocycles. The number of halogens is 2. The van der Waals surface area contributed by atoms with Crippen molar-refractivity contribution in [3.63, 3.8) is 0 Å². The second-order valence-corrected chi connectivity index (χ2v) is 15.0. The Hall–Kier alpha value is -6.37. The molecular formula is C51H58ClFN6O5. The summed E-state index contributed by atoms with van der Waals surface area (Å²) >= 11 is 6.45. The number of anilines is 2. The van der Waals surface area contributed by atoms with Crippen LogP contribution in [0.2, 0.25) is 5.02 Å². The van der Waals surface area contributed by atoms with E-state index < -0.39 is 5.82 Å². The fourth-order valence-corrected chi connectivity index (χ4v) is 6.89. The number of ether oxygens (including phenoxy) is 3. The van der Waals surface area contributed by atoms with Crippen LogP contribution in [0.1, 0.15) is 85.3 Å². The first-order valence-corrected chi connectivity index (χ1v) is 22.1. The van der Waals surface area contributed by atoms with E-state index in [1.807, 2.05) is 6.07 Å². The summed E-state index contributed by atoms with van der Waals surface area (Å²) < 4.78 is 32.0. The van der Waals surface area contributed by atoms with Gasteiger partial charge in [0.1, 0.15) is 17.3 Å². The molecule has 0 atom stereocenters. The second-order valence-electron chi connectivity index (χ2n) is 14.6. The first kappa shape index (κ1) is 48.7. The van der Waals surface area contributed by atoms with E-state index in [2.05, 4.69) is 88.6 Å². The standard InChI is InChI=1S/C51H58ClFN6O5/c1-4-5-6-7-8-9-10-11-12-13-14-15-16-17-18-19-20-24-46(60)54-29-31-64-32-30-55-50(61)41-28-26-39(34-45(41)63-3)58-51-57-36-37-35-56-49(47-43(53)22-21-23-44(47)62-2)42-33-38(52)25-27-40(42)48(37)59-51/h5-6,8-9,11-12,14-15,17-18,21-23,25-28,33-34,36H,4,7,10,13,16,19-20,24,29-32,35H2,1-3H3,(H,54,60)(H,55,61)(H,57,58,59)/b6-5-,9-8-,12-11-,15-14-,18-17-. The van der Waals surface area contributed by atoms with E-state index in [1.165, 1.54) is 20.3 Å². The Morgan fingerprint density at radius 1 is 0.797 bits per heavy atom. The zero-order chi connectivity index (χ0) is 45.4. The van der Waals surface area contributed by atoms with Gasteiger partial charge in [-0.3, -0.25) is 14.6 Å². The maximum atomic E-state index is 15.3. The summed E-state index contributed by atoms with van der Waals surface area (Å²) in [7, 11) is 2.97. The molecule has 3 N–H and O–H groups in total. The topological polar surface area (TPSA) is 136 Å². The molecule has 3 aromatic carbocycles. The lowest BCUT2D eigenvalue weighted by atomic mass is 9.94. The molecule has 0 fully saturated rings. The van der Waals surface area contributed by atoms with Gasteiger partial charge in [0, 0.05) is 59.2 Å². The third-order valence-electron chi connectivity index (χ3n) is 9.93. The number of hydrogen-bond donors (Lipinski definition) is 3. The predicted octanol–water partition coefficient (Wildman–Crippen LogP) is 10.8. The minimum Gasteiger partial charge on any atom is -0.496 e. The Morgan fingerprint density at radius 2 is 1.48 bits per heavy atom. The van der Waals surface area contributed by atoms with Crippen LogP contribution in [-0.4, -0.2) is 68.0 Å². The number of fused-ring (bicyclic) bond motifs is 3. The first-order valence-electron chi connectivity index (χ1n) is 21.7. The number of allylic oxidation sites excluding steroid dienone is 10. The summed E-state index contributed by atoms with van der Waals surface area (Å²) in [6, 6.07) is 15.0. The number of rotatable bonds is 25. The number of unbranched alkanes of at least 4 members (excludes halogenated alkanes) is 1.